The number of hydrogen-bond acceptors (Lipinski definition) is 3. The summed E-state index contributed by atoms with van der Waals surface area (Å²) in [5, 5.41) is 7.81. The van der Waals surface area contributed by atoms with E-state index < -0.39 is 0 Å². The average molecular weight is 249 g/mol. The number of nitrogens with zero attached hydrogens (tertiary/aromatic N) is 2. The van der Waals surface area contributed by atoms with Crippen LogP contribution in [0.3, 0.4) is 0 Å². The van der Waals surface area contributed by atoms with Crippen LogP contribution in [-0.2, 0) is 0 Å². The number of hydrogen-bond donors (Lipinski definition) is 2. The number of anilines is 1. The number of nitrogen functional groups attached to an aromatic ring is 1. The average Bonchev–Trinajstić information content (AvgIpc) is 3.03. The monoisotopic (exact) mass is 248 g/mol. The van der Waals surface area contributed by atoms with E-state index in [0.29, 0.717) is 22.5 Å². The second kappa shape index (κ2) is 3.74. The number of aryl methyl sites for hydroxylation is 1. The maximum Gasteiger partial charge on any atom is 0.182 e. The Hall–Kier alpha value is -1.55. The van der Waals surface area contributed by atoms with Gasteiger partial charge in [-0.3, -0.25) is 5.10 Å². The van der Waals surface area contributed by atoms with Crippen LogP contribution >= 0.6 is 11.6 Å². The highest BCUT2D eigenvalue weighted by molar-refractivity contribution is 6.33. The molecule has 1 aliphatic carbocycles. The minimum Gasteiger partial charge on any atom is -0.398 e. The van der Waals surface area contributed by atoms with Gasteiger partial charge < -0.3 is 5.73 Å². The molecule has 1 aromatic carbocycles. The van der Waals surface area contributed by atoms with Crippen molar-refractivity contribution < 1.29 is 0 Å². The van der Waals surface area contributed by atoms with E-state index in [2.05, 4.69) is 15.2 Å². The summed E-state index contributed by atoms with van der Waals surface area (Å²) < 4.78 is 0. The Kier molecular flexibility index (Phi) is 2.33. The van der Waals surface area contributed by atoms with Crippen molar-refractivity contribution in [2.75, 3.05) is 5.73 Å². The highest BCUT2D eigenvalue weighted by atomic mass is 35.5. The van der Waals surface area contributed by atoms with E-state index in [1.54, 1.807) is 0 Å². The van der Waals surface area contributed by atoms with Gasteiger partial charge in [0.1, 0.15) is 5.82 Å². The van der Waals surface area contributed by atoms with Gasteiger partial charge in [-0.15, -0.1) is 0 Å². The largest absolute Gasteiger partial charge is 0.398 e. The van der Waals surface area contributed by atoms with Gasteiger partial charge in [0.2, 0.25) is 0 Å². The van der Waals surface area contributed by atoms with Gasteiger partial charge >= 0.3 is 0 Å². The first-order valence-electron chi connectivity index (χ1n) is 5.63. The Labute approximate surface area is 104 Å². The van der Waals surface area contributed by atoms with E-state index in [0.717, 1.165) is 17.0 Å². The lowest BCUT2D eigenvalue weighted by molar-refractivity contribution is 0.935. The summed E-state index contributed by atoms with van der Waals surface area (Å²) in [5.74, 6) is 2.14. The SMILES string of the molecule is Cc1cc(Cl)c(-c2n[nH]c(C3CC3)n2)cc1N. The van der Waals surface area contributed by atoms with E-state index >= 15 is 0 Å². The first kappa shape index (κ1) is 10.6. The van der Waals surface area contributed by atoms with Crippen molar-refractivity contribution in [1.29, 1.82) is 0 Å². The quantitative estimate of drug-likeness (QED) is 0.803. The molecule has 1 aromatic heterocycles. The fraction of sp³-hybridized carbons (Fsp3) is 0.333. The molecule has 0 unspecified atom stereocenters. The summed E-state index contributed by atoms with van der Waals surface area (Å²) in [6.45, 7) is 1.93. The van der Waals surface area contributed by atoms with Crippen molar-refractivity contribution in [1.82, 2.24) is 15.2 Å². The summed E-state index contributed by atoms with van der Waals surface area (Å²) in [6, 6.07) is 3.68. The number of nitrogens with two attached hydrogens (primary N) is 1. The minimum atomic E-state index is 0.554. The maximum absolute atomic E-state index is 6.19. The van der Waals surface area contributed by atoms with Gasteiger partial charge in [-0.25, -0.2) is 4.98 Å². The highest BCUT2D eigenvalue weighted by Gasteiger charge is 2.27. The Balaban J connectivity index is 2.04. The standard InChI is InChI=1S/C12H13ClN4/c1-6-4-9(13)8(5-10(6)14)12-15-11(16-17-12)7-2-3-7/h4-5,7H,2-3,14H2,1H3,(H,15,16,17). The van der Waals surface area contributed by atoms with Crippen LogP contribution in [0.25, 0.3) is 11.4 Å². The summed E-state index contributed by atoms with van der Waals surface area (Å²) in [7, 11) is 0. The molecule has 1 heterocycles. The molecule has 0 atom stereocenters. The number of halogens is 1. The van der Waals surface area contributed by atoms with Gasteiger partial charge in [-0.2, -0.15) is 5.10 Å². The third-order valence-electron chi connectivity index (χ3n) is 3.06. The summed E-state index contributed by atoms with van der Waals surface area (Å²) in [4.78, 5) is 4.47. The van der Waals surface area contributed by atoms with E-state index in [4.69, 9.17) is 17.3 Å². The van der Waals surface area contributed by atoms with E-state index in [-0.39, 0.29) is 0 Å². The molecule has 0 aliphatic heterocycles. The number of aromatic nitrogens is 3. The highest BCUT2D eigenvalue weighted by Crippen LogP contribution is 2.39. The molecular weight excluding hydrogens is 236 g/mol. The van der Waals surface area contributed by atoms with Crippen molar-refractivity contribution in [3.05, 3.63) is 28.5 Å². The van der Waals surface area contributed by atoms with Gasteiger partial charge in [0.15, 0.2) is 5.82 Å². The molecule has 4 nitrogen and oxygen atoms in total. The molecule has 3 rings (SSSR count). The van der Waals surface area contributed by atoms with Crippen LogP contribution in [0.15, 0.2) is 12.1 Å². The molecule has 2 aromatic rings. The molecule has 1 fully saturated rings. The predicted octanol–water partition coefficient (Wildman–Crippen LogP) is 2.89. The van der Waals surface area contributed by atoms with Crippen LogP contribution in [-0.4, -0.2) is 15.2 Å². The Morgan fingerprint density at radius 3 is 2.88 bits per heavy atom. The second-order valence-electron chi connectivity index (χ2n) is 4.51. The zero-order chi connectivity index (χ0) is 12.0. The lowest BCUT2D eigenvalue weighted by Gasteiger charge is -2.04. The van der Waals surface area contributed by atoms with E-state index in [1.807, 2.05) is 19.1 Å². The van der Waals surface area contributed by atoms with Crippen LogP contribution < -0.4 is 5.73 Å². The molecule has 3 N–H and O–H groups in total. The van der Waals surface area contributed by atoms with Gasteiger partial charge in [-0.05, 0) is 37.5 Å². The smallest absolute Gasteiger partial charge is 0.182 e. The van der Waals surface area contributed by atoms with Crippen LogP contribution in [0.5, 0.6) is 0 Å². The van der Waals surface area contributed by atoms with E-state index in [9.17, 15) is 0 Å². The van der Waals surface area contributed by atoms with Crippen molar-refractivity contribution in [3.63, 3.8) is 0 Å². The van der Waals surface area contributed by atoms with Crippen LogP contribution in [0.4, 0.5) is 5.69 Å². The van der Waals surface area contributed by atoms with Gasteiger partial charge in [0, 0.05) is 17.2 Å². The molecule has 5 heteroatoms. The summed E-state index contributed by atoms with van der Waals surface area (Å²) >= 11 is 6.19. The van der Waals surface area contributed by atoms with Crippen molar-refractivity contribution in [2.24, 2.45) is 0 Å². The van der Waals surface area contributed by atoms with Crippen molar-refractivity contribution in [3.8, 4) is 11.4 Å². The Morgan fingerprint density at radius 2 is 2.18 bits per heavy atom. The maximum atomic E-state index is 6.19. The molecule has 1 aliphatic rings. The molecular formula is C12H13ClN4. The minimum absolute atomic E-state index is 0.554. The number of rotatable bonds is 2. The number of benzene rings is 1. The predicted molar refractivity (Wildman–Crippen MR) is 68.0 cm³/mol. The summed E-state index contributed by atoms with van der Waals surface area (Å²) in [6.07, 6.45) is 2.39. The van der Waals surface area contributed by atoms with Crippen LogP contribution in [0, 0.1) is 6.92 Å². The summed E-state index contributed by atoms with van der Waals surface area (Å²) in [5.41, 5.74) is 8.35. The molecule has 0 spiro atoms. The molecule has 0 radical (unpaired) electrons. The number of H-pyrrole nitrogens is 1. The normalized spacial score (nSPS) is 15.2. The van der Waals surface area contributed by atoms with Crippen LogP contribution in [0.1, 0.15) is 30.1 Å². The van der Waals surface area contributed by atoms with Crippen molar-refractivity contribution in [2.45, 2.75) is 25.7 Å². The Morgan fingerprint density at radius 1 is 1.41 bits per heavy atom. The topological polar surface area (TPSA) is 67.6 Å². The fourth-order valence-corrected chi connectivity index (χ4v) is 2.10. The zero-order valence-corrected chi connectivity index (χ0v) is 10.3. The fourth-order valence-electron chi connectivity index (χ4n) is 1.79. The number of aromatic amines is 1. The van der Waals surface area contributed by atoms with Gasteiger partial charge in [0.25, 0.3) is 0 Å². The van der Waals surface area contributed by atoms with Crippen molar-refractivity contribution >= 4 is 17.3 Å². The third-order valence-corrected chi connectivity index (χ3v) is 3.38. The molecule has 0 bridgehead atoms. The molecule has 0 amide bonds. The molecule has 88 valence electrons. The zero-order valence-electron chi connectivity index (χ0n) is 9.50. The molecule has 17 heavy (non-hydrogen) atoms. The first-order valence-corrected chi connectivity index (χ1v) is 6.01. The second-order valence-corrected chi connectivity index (χ2v) is 4.91. The van der Waals surface area contributed by atoms with Gasteiger partial charge in [0.05, 0.1) is 5.02 Å². The Bertz CT molecular complexity index is 572. The number of nitrogens with one attached hydrogen (secondary N) is 1. The lowest BCUT2D eigenvalue weighted by Crippen LogP contribution is -1.92. The van der Waals surface area contributed by atoms with E-state index in [1.165, 1.54) is 12.8 Å². The molecule has 0 saturated heterocycles. The van der Waals surface area contributed by atoms with Crippen LogP contribution in [0.2, 0.25) is 5.02 Å². The van der Waals surface area contributed by atoms with Gasteiger partial charge in [-0.1, -0.05) is 11.6 Å². The lowest BCUT2D eigenvalue weighted by atomic mass is 10.1. The first-order chi connectivity index (χ1) is 8.15. The molecule has 1 saturated carbocycles. The third kappa shape index (κ3) is 1.89.